The molecule has 0 saturated carbocycles. The van der Waals surface area contributed by atoms with Crippen LogP contribution in [0.5, 0.6) is 5.75 Å². The van der Waals surface area contributed by atoms with E-state index in [0.29, 0.717) is 0 Å². The maximum Gasteiger partial charge on any atom is 0.416 e. The molecule has 0 atom stereocenters. The topological polar surface area (TPSA) is 38.3 Å². The molecule has 1 rings (SSSR count). The van der Waals surface area contributed by atoms with Crippen LogP contribution < -0.4 is 10.1 Å². The summed E-state index contributed by atoms with van der Waals surface area (Å²) >= 11 is 0. The van der Waals surface area contributed by atoms with Gasteiger partial charge in [-0.05, 0) is 45.0 Å². The van der Waals surface area contributed by atoms with Gasteiger partial charge in [-0.25, -0.2) is 0 Å². The Bertz CT molecular complexity index is 433. The average Bonchev–Trinajstić information content (AvgIpc) is 2.23. The van der Waals surface area contributed by atoms with Crippen molar-refractivity contribution < 1.29 is 22.7 Å². The zero-order valence-corrected chi connectivity index (χ0v) is 11.0. The highest BCUT2D eigenvalue weighted by Crippen LogP contribution is 2.30. The third-order valence-electron chi connectivity index (χ3n) is 2.07. The lowest BCUT2D eigenvalue weighted by Gasteiger charge is -2.20. The van der Waals surface area contributed by atoms with Crippen LogP contribution in [0.4, 0.5) is 13.2 Å². The zero-order chi connectivity index (χ0) is 14.7. The molecular formula is C13H16F3NO2. The fourth-order valence-electron chi connectivity index (χ4n) is 1.34. The fraction of sp³-hybridized carbons (Fsp3) is 0.462. The number of nitrogens with one attached hydrogen (secondary N) is 1. The Balaban J connectivity index is 2.53. The lowest BCUT2D eigenvalue weighted by Crippen LogP contribution is -2.43. The Morgan fingerprint density at radius 1 is 1.16 bits per heavy atom. The smallest absolute Gasteiger partial charge is 0.416 e. The summed E-state index contributed by atoms with van der Waals surface area (Å²) in [6.07, 6.45) is -4.37. The third kappa shape index (κ3) is 5.63. The number of benzene rings is 1. The van der Waals surface area contributed by atoms with Gasteiger partial charge in [-0.2, -0.15) is 13.2 Å². The molecule has 1 amide bonds. The molecule has 19 heavy (non-hydrogen) atoms. The van der Waals surface area contributed by atoms with Crippen molar-refractivity contribution >= 4 is 5.91 Å². The number of hydrogen-bond donors (Lipinski definition) is 1. The molecule has 0 spiro atoms. The van der Waals surface area contributed by atoms with Crippen molar-refractivity contribution in [1.29, 1.82) is 0 Å². The Morgan fingerprint density at radius 3 is 2.11 bits per heavy atom. The van der Waals surface area contributed by atoms with Crippen molar-refractivity contribution in [3.63, 3.8) is 0 Å². The number of ether oxygens (including phenoxy) is 1. The molecule has 0 aromatic heterocycles. The minimum atomic E-state index is -4.37. The normalized spacial score (nSPS) is 12.1. The second kappa shape index (κ2) is 5.50. The number of rotatable bonds is 3. The van der Waals surface area contributed by atoms with E-state index in [9.17, 15) is 18.0 Å². The first kappa shape index (κ1) is 15.3. The molecule has 3 nitrogen and oxygen atoms in total. The molecule has 0 aliphatic heterocycles. The molecule has 0 bridgehead atoms. The number of amides is 1. The molecule has 0 unspecified atom stereocenters. The van der Waals surface area contributed by atoms with Crippen molar-refractivity contribution in [2.75, 3.05) is 6.61 Å². The summed E-state index contributed by atoms with van der Waals surface area (Å²) < 4.78 is 42.0. The summed E-state index contributed by atoms with van der Waals surface area (Å²) in [4.78, 5) is 11.4. The van der Waals surface area contributed by atoms with Gasteiger partial charge in [0.15, 0.2) is 6.61 Å². The van der Waals surface area contributed by atoms with E-state index in [2.05, 4.69) is 5.32 Å². The van der Waals surface area contributed by atoms with E-state index in [1.165, 1.54) is 12.1 Å². The third-order valence-corrected chi connectivity index (χ3v) is 2.07. The van der Waals surface area contributed by atoms with Gasteiger partial charge in [0.05, 0.1) is 5.56 Å². The van der Waals surface area contributed by atoms with E-state index < -0.39 is 11.7 Å². The second-order valence-corrected chi connectivity index (χ2v) is 5.11. The van der Waals surface area contributed by atoms with Gasteiger partial charge in [-0.1, -0.05) is 0 Å². The quantitative estimate of drug-likeness (QED) is 0.921. The lowest BCUT2D eigenvalue weighted by molar-refractivity contribution is -0.137. The Labute approximate surface area is 109 Å². The predicted octanol–water partition coefficient (Wildman–Crippen LogP) is 3.00. The molecule has 0 aliphatic carbocycles. The van der Waals surface area contributed by atoms with Crippen molar-refractivity contribution in [2.24, 2.45) is 0 Å². The monoisotopic (exact) mass is 275 g/mol. The van der Waals surface area contributed by atoms with Crippen LogP contribution in [0.15, 0.2) is 24.3 Å². The van der Waals surface area contributed by atoms with Crippen LogP contribution in [0.3, 0.4) is 0 Å². The van der Waals surface area contributed by atoms with Crippen LogP contribution in [0.25, 0.3) is 0 Å². The highest BCUT2D eigenvalue weighted by molar-refractivity contribution is 5.78. The van der Waals surface area contributed by atoms with Gasteiger partial charge in [0.25, 0.3) is 5.91 Å². The minimum absolute atomic E-state index is 0.219. The van der Waals surface area contributed by atoms with Gasteiger partial charge in [-0.3, -0.25) is 4.79 Å². The maximum absolute atomic E-state index is 12.3. The number of alkyl halides is 3. The first-order valence-electron chi connectivity index (χ1n) is 5.69. The maximum atomic E-state index is 12.3. The summed E-state index contributed by atoms with van der Waals surface area (Å²) in [5, 5.41) is 2.68. The predicted molar refractivity (Wildman–Crippen MR) is 64.8 cm³/mol. The van der Waals surface area contributed by atoms with Crippen LogP contribution in [0.2, 0.25) is 0 Å². The Morgan fingerprint density at radius 2 is 1.68 bits per heavy atom. The standard InChI is InChI=1S/C13H16F3NO2/c1-12(2,3)17-11(18)8-19-10-6-4-9(5-7-10)13(14,15)16/h4-7H,8H2,1-3H3,(H,17,18). The molecule has 0 saturated heterocycles. The molecule has 1 N–H and O–H groups in total. The highest BCUT2D eigenvalue weighted by atomic mass is 19.4. The van der Waals surface area contributed by atoms with E-state index in [-0.39, 0.29) is 23.8 Å². The summed E-state index contributed by atoms with van der Waals surface area (Å²) in [5.74, 6) is -0.107. The molecule has 0 heterocycles. The summed E-state index contributed by atoms with van der Waals surface area (Å²) in [7, 11) is 0. The fourth-order valence-corrected chi connectivity index (χ4v) is 1.34. The number of carbonyl (C=O) groups is 1. The molecule has 1 aromatic carbocycles. The van der Waals surface area contributed by atoms with Gasteiger partial charge < -0.3 is 10.1 Å². The number of hydrogen-bond acceptors (Lipinski definition) is 2. The minimum Gasteiger partial charge on any atom is -0.484 e. The van der Waals surface area contributed by atoms with Crippen LogP contribution in [0.1, 0.15) is 26.3 Å². The zero-order valence-electron chi connectivity index (χ0n) is 11.0. The number of carbonyl (C=O) groups excluding carboxylic acids is 1. The van der Waals surface area contributed by atoms with Gasteiger partial charge in [0.2, 0.25) is 0 Å². The molecule has 1 aromatic rings. The summed E-state index contributed by atoms with van der Waals surface area (Å²) in [6, 6.07) is 4.20. The van der Waals surface area contributed by atoms with Gasteiger partial charge in [0, 0.05) is 5.54 Å². The van der Waals surface area contributed by atoms with Gasteiger partial charge in [0.1, 0.15) is 5.75 Å². The van der Waals surface area contributed by atoms with Crippen molar-refractivity contribution in [2.45, 2.75) is 32.5 Å². The van der Waals surface area contributed by atoms with Crippen LogP contribution in [-0.2, 0) is 11.0 Å². The molecule has 0 radical (unpaired) electrons. The van der Waals surface area contributed by atoms with E-state index >= 15 is 0 Å². The lowest BCUT2D eigenvalue weighted by atomic mass is 10.1. The first-order valence-corrected chi connectivity index (χ1v) is 5.69. The SMILES string of the molecule is CC(C)(C)NC(=O)COc1ccc(C(F)(F)F)cc1. The molecule has 0 fully saturated rings. The first-order chi connectivity index (χ1) is 8.58. The van der Waals surface area contributed by atoms with E-state index in [0.717, 1.165) is 12.1 Å². The van der Waals surface area contributed by atoms with Crippen LogP contribution >= 0.6 is 0 Å². The van der Waals surface area contributed by atoms with Gasteiger partial charge >= 0.3 is 6.18 Å². The van der Waals surface area contributed by atoms with Crippen molar-refractivity contribution in [3.05, 3.63) is 29.8 Å². The van der Waals surface area contributed by atoms with Crippen molar-refractivity contribution in [1.82, 2.24) is 5.32 Å². The van der Waals surface area contributed by atoms with E-state index in [4.69, 9.17) is 4.74 Å². The van der Waals surface area contributed by atoms with Crippen molar-refractivity contribution in [3.8, 4) is 5.75 Å². The number of halogens is 3. The Kier molecular flexibility index (Phi) is 4.44. The Hall–Kier alpha value is -1.72. The summed E-state index contributed by atoms with van der Waals surface area (Å²) in [6.45, 7) is 5.23. The molecule has 106 valence electrons. The van der Waals surface area contributed by atoms with E-state index in [1.54, 1.807) is 0 Å². The average molecular weight is 275 g/mol. The van der Waals surface area contributed by atoms with Gasteiger partial charge in [-0.15, -0.1) is 0 Å². The van der Waals surface area contributed by atoms with Crippen LogP contribution in [-0.4, -0.2) is 18.1 Å². The largest absolute Gasteiger partial charge is 0.484 e. The molecule has 0 aliphatic rings. The second-order valence-electron chi connectivity index (χ2n) is 5.11. The van der Waals surface area contributed by atoms with Crippen LogP contribution in [0, 0.1) is 0 Å². The summed E-state index contributed by atoms with van der Waals surface area (Å²) in [5.41, 5.74) is -1.13. The molecular weight excluding hydrogens is 259 g/mol. The molecule has 6 heteroatoms. The highest BCUT2D eigenvalue weighted by Gasteiger charge is 2.30. The van der Waals surface area contributed by atoms with E-state index in [1.807, 2.05) is 20.8 Å².